The molecule has 2 saturated heterocycles. The van der Waals surface area contributed by atoms with Crippen LogP contribution in [-0.4, -0.2) is 45.6 Å². The average Bonchev–Trinajstić information content (AvgIpc) is 3.58. The van der Waals surface area contributed by atoms with E-state index in [1.54, 1.807) is 36.5 Å². The lowest BCUT2D eigenvalue weighted by Crippen LogP contribution is -2.24. The maximum atomic E-state index is 14.0. The van der Waals surface area contributed by atoms with Gasteiger partial charge in [-0.25, -0.2) is 18.6 Å². The van der Waals surface area contributed by atoms with E-state index in [9.17, 15) is 13.6 Å². The summed E-state index contributed by atoms with van der Waals surface area (Å²) in [5.41, 5.74) is -0.197. The maximum absolute atomic E-state index is 14.0. The van der Waals surface area contributed by atoms with E-state index in [0.717, 1.165) is 48.8 Å². The zero-order valence-electron chi connectivity index (χ0n) is 19.3. The molecule has 4 aromatic rings. The van der Waals surface area contributed by atoms with E-state index >= 15 is 0 Å². The van der Waals surface area contributed by atoms with Gasteiger partial charge in [0, 0.05) is 42.8 Å². The van der Waals surface area contributed by atoms with Gasteiger partial charge in [-0.2, -0.15) is 9.78 Å². The second-order valence-electron chi connectivity index (χ2n) is 9.06. The molecule has 2 aliphatic rings. The molecule has 0 spiro atoms. The van der Waals surface area contributed by atoms with Crippen molar-refractivity contribution in [1.29, 1.82) is 0 Å². The van der Waals surface area contributed by atoms with Crippen LogP contribution in [0.25, 0.3) is 5.69 Å². The summed E-state index contributed by atoms with van der Waals surface area (Å²) >= 11 is 0. The van der Waals surface area contributed by atoms with Crippen molar-refractivity contribution in [2.75, 3.05) is 31.2 Å². The number of nitrogens with zero attached hydrogens (tertiary/aromatic N) is 5. The number of hydrogen-bond donors (Lipinski definition) is 0. The van der Waals surface area contributed by atoms with E-state index < -0.39 is 17.3 Å². The van der Waals surface area contributed by atoms with Crippen molar-refractivity contribution in [1.82, 2.24) is 19.3 Å². The van der Waals surface area contributed by atoms with Crippen molar-refractivity contribution in [2.24, 2.45) is 11.8 Å². The van der Waals surface area contributed by atoms with Crippen molar-refractivity contribution in [3.63, 3.8) is 0 Å². The molecule has 0 saturated carbocycles. The summed E-state index contributed by atoms with van der Waals surface area (Å²) in [6.07, 6.45) is 2.99. The third kappa shape index (κ3) is 4.24. The molecule has 2 aromatic heterocycles. The first-order valence-corrected chi connectivity index (χ1v) is 11.7. The lowest BCUT2D eigenvalue weighted by molar-refractivity contribution is 0.177. The molecule has 2 atom stereocenters. The van der Waals surface area contributed by atoms with Crippen molar-refractivity contribution >= 4 is 5.82 Å². The molecule has 0 unspecified atom stereocenters. The van der Waals surface area contributed by atoms with Gasteiger partial charge in [-0.1, -0.05) is 6.07 Å². The highest BCUT2D eigenvalue weighted by Crippen LogP contribution is 2.33. The predicted octanol–water partition coefficient (Wildman–Crippen LogP) is 3.63. The average molecular weight is 491 g/mol. The smallest absolute Gasteiger partial charge is 0.350 e. The van der Waals surface area contributed by atoms with Gasteiger partial charge in [-0.15, -0.1) is 0 Å². The molecule has 184 valence electrons. The van der Waals surface area contributed by atoms with Crippen LogP contribution in [0, 0.1) is 23.5 Å². The number of rotatable bonds is 6. The van der Waals surface area contributed by atoms with Crippen LogP contribution >= 0.6 is 0 Å². The summed E-state index contributed by atoms with van der Waals surface area (Å²) in [6, 6.07) is 14.2. The molecule has 2 aromatic carbocycles. The summed E-state index contributed by atoms with van der Waals surface area (Å²) < 4.78 is 41.9. The first kappa shape index (κ1) is 22.4. The normalized spacial score (nSPS) is 19.0. The molecule has 2 aliphatic heterocycles. The fourth-order valence-corrected chi connectivity index (χ4v) is 4.78. The quantitative estimate of drug-likeness (QED) is 0.410. The van der Waals surface area contributed by atoms with Gasteiger partial charge in [-0.05, 0) is 42.5 Å². The summed E-state index contributed by atoms with van der Waals surface area (Å²) in [5.74, 6) is 1.82. The van der Waals surface area contributed by atoms with E-state index in [1.807, 2.05) is 6.07 Å². The molecule has 2 fully saturated rings. The van der Waals surface area contributed by atoms with Crippen molar-refractivity contribution < 1.29 is 18.3 Å². The van der Waals surface area contributed by atoms with E-state index in [0.29, 0.717) is 29.0 Å². The Balaban J connectivity index is 1.16. The Hall–Kier alpha value is -4.05. The van der Waals surface area contributed by atoms with Gasteiger partial charge in [0.05, 0.1) is 25.4 Å². The van der Waals surface area contributed by atoms with Crippen LogP contribution in [0.4, 0.5) is 14.6 Å². The van der Waals surface area contributed by atoms with Crippen LogP contribution in [0.15, 0.2) is 71.9 Å². The number of ether oxygens (including phenoxy) is 2. The Morgan fingerprint density at radius 3 is 2.42 bits per heavy atom. The molecule has 8 nitrogen and oxygen atoms in total. The molecule has 0 N–H and O–H groups in total. The topological polar surface area (TPSA) is 74.4 Å². The fraction of sp³-hybridized carbons (Fsp3) is 0.269. The van der Waals surface area contributed by atoms with E-state index in [1.165, 1.54) is 17.1 Å². The lowest BCUT2D eigenvalue weighted by atomic mass is 10.0. The Bertz CT molecular complexity index is 1420. The molecule has 0 radical (unpaired) electrons. The minimum absolute atomic E-state index is 0.190. The van der Waals surface area contributed by atoms with Gasteiger partial charge in [0.25, 0.3) is 0 Å². The molecule has 0 aliphatic carbocycles. The third-order valence-corrected chi connectivity index (χ3v) is 6.72. The Morgan fingerprint density at radius 2 is 1.69 bits per heavy atom. The minimum atomic E-state index is -0.711. The van der Waals surface area contributed by atoms with Crippen LogP contribution in [0.2, 0.25) is 0 Å². The predicted molar refractivity (Wildman–Crippen MR) is 128 cm³/mol. The second kappa shape index (κ2) is 9.19. The summed E-state index contributed by atoms with van der Waals surface area (Å²) in [7, 11) is 0. The molecule has 4 heterocycles. The highest BCUT2D eigenvalue weighted by molar-refractivity contribution is 5.47. The SMILES string of the molecule is O=c1n(Cc2c(F)cccc2F)cnn1-c1ccc(Oc2ccnc(N3C[C@H]4COC[C@H]4C3)c2)cc1. The van der Waals surface area contributed by atoms with Gasteiger partial charge >= 0.3 is 5.69 Å². The Kier molecular flexibility index (Phi) is 5.73. The van der Waals surface area contributed by atoms with Crippen molar-refractivity contribution in [3.05, 3.63) is 94.8 Å². The molecule has 10 heteroatoms. The van der Waals surface area contributed by atoms with Crippen LogP contribution < -0.4 is 15.3 Å². The van der Waals surface area contributed by atoms with Gasteiger partial charge in [-0.3, -0.25) is 4.57 Å². The first-order chi connectivity index (χ1) is 17.5. The number of halogens is 2. The summed E-state index contributed by atoms with van der Waals surface area (Å²) in [4.78, 5) is 19.5. The highest BCUT2D eigenvalue weighted by Gasteiger charge is 2.37. The van der Waals surface area contributed by atoms with Crippen molar-refractivity contribution in [2.45, 2.75) is 6.54 Å². The largest absolute Gasteiger partial charge is 0.457 e. The minimum Gasteiger partial charge on any atom is -0.457 e. The number of fused-ring (bicyclic) bond motifs is 1. The molecule has 6 rings (SSSR count). The monoisotopic (exact) mass is 491 g/mol. The van der Waals surface area contributed by atoms with Crippen LogP contribution in [-0.2, 0) is 11.3 Å². The molecule has 36 heavy (non-hydrogen) atoms. The molecule has 0 amide bonds. The van der Waals surface area contributed by atoms with E-state index in [2.05, 4.69) is 15.0 Å². The van der Waals surface area contributed by atoms with Crippen LogP contribution in [0.5, 0.6) is 11.5 Å². The number of anilines is 1. The third-order valence-electron chi connectivity index (χ3n) is 6.72. The zero-order valence-corrected chi connectivity index (χ0v) is 19.3. The standard InChI is InChI=1S/C26H23F2N5O3/c27-23-2-1-3-24(28)22(23)13-32-16-30-33(26(32)34)19-4-6-20(7-5-19)36-21-8-9-29-25(10-21)31-11-17-14-35-15-18(17)12-31/h1-10,16-18H,11-15H2/t17-,18+. The number of benzene rings is 2. The first-order valence-electron chi connectivity index (χ1n) is 11.7. The van der Waals surface area contributed by atoms with Crippen molar-refractivity contribution in [3.8, 4) is 17.2 Å². The van der Waals surface area contributed by atoms with Gasteiger partial charge in [0.2, 0.25) is 0 Å². The maximum Gasteiger partial charge on any atom is 0.350 e. The van der Waals surface area contributed by atoms with E-state index in [4.69, 9.17) is 9.47 Å². The fourth-order valence-electron chi connectivity index (χ4n) is 4.78. The number of aromatic nitrogens is 4. The summed E-state index contributed by atoms with van der Waals surface area (Å²) in [5, 5.41) is 4.09. The van der Waals surface area contributed by atoms with Gasteiger partial charge in [0.1, 0.15) is 35.3 Å². The Labute approximate surface area is 205 Å². The van der Waals surface area contributed by atoms with Crippen LogP contribution in [0.1, 0.15) is 5.56 Å². The van der Waals surface area contributed by atoms with Crippen LogP contribution in [0.3, 0.4) is 0 Å². The Morgan fingerprint density at radius 1 is 0.972 bits per heavy atom. The van der Waals surface area contributed by atoms with Gasteiger partial charge in [0.15, 0.2) is 0 Å². The molecular weight excluding hydrogens is 468 g/mol. The number of pyridine rings is 1. The second-order valence-corrected chi connectivity index (χ2v) is 9.06. The lowest BCUT2D eigenvalue weighted by Gasteiger charge is -2.19. The zero-order chi connectivity index (χ0) is 24.6. The molecular formula is C26H23F2N5O3. The molecule has 0 bridgehead atoms. The van der Waals surface area contributed by atoms with Gasteiger partial charge < -0.3 is 14.4 Å². The summed E-state index contributed by atoms with van der Waals surface area (Å²) in [6.45, 7) is 3.23. The van der Waals surface area contributed by atoms with E-state index in [-0.39, 0.29) is 12.1 Å². The highest BCUT2D eigenvalue weighted by atomic mass is 19.1. The number of hydrogen-bond acceptors (Lipinski definition) is 6.